The van der Waals surface area contributed by atoms with E-state index in [9.17, 15) is 86.5 Å². The van der Waals surface area contributed by atoms with E-state index in [2.05, 4.69) is 26.8 Å². The molecule has 0 radical (unpaired) electrons. The maximum atomic E-state index is 15.5. The van der Waals surface area contributed by atoms with Crippen LogP contribution >= 0.6 is 0 Å². The highest BCUT2D eigenvalue weighted by Crippen LogP contribution is 2.76. The predicted molar refractivity (Wildman–Crippen MR) is 285 cm³/mol. The van der Waals surface area contributed by atoms with Gasteiger partial charge in [-0.3, -0.25) is 9.59 Å². The zero-order valence-electron chi connectivity index (χ0n) is 49.5. The summed E-state index contributed by atoms with van der Waals surface area (Å²) in [6.45, 7) is 10.6. The van der Waals surface area contributed by atoms with Crippen LogP contribution < -0.4 is 0 Å². The Kier molecular flexibility index (Phi) is 18.8. The van der Waals surface area contributed by atoms with Crippen molar-refractivity contribution in [2.75, 3.05) is 26.4 Å². The summed E-state index contributed by atoms with van der Waals surface area (Å²) in [6, 6.07) is 0. The molecule has 4 saturated carbocycles. The second-order valence-electron chi connectivity index (χ2n) is 28.0. The smallest absolute Gasteiger partial charge is 0.315 e. The quantitative estimate of drug-likeness (QED) is 0.0477. The molecule has 5 saturated heterocycles. The molecular formula is C58H92O28. The normalized spacial score (nSPS) is 54.7. The standard InChI is InChI=1S/C58H92O28/c1-22-32(64)36(68)44(84-48-40(72)37(69)42(23(2)80-48)82-47-41(73)43(28(63)20-78-47)83-46-38(70)33(65)27(62)19-77-46)50(79-22)86-52(76)57-13-12-53(3,4)16-25(57)24-8-9-30-54(5)17-26(61)45(85-49-39(71)35(67)34(66)29(18-59)81-49)56(7,51(74)75)31(54)10-11-55(30,6)58(24,21-60)15-14-57/h8,22-23,25-50,59-73H,9-21H2,1-7H3,(H,74,75)/t22-,23-,25+,26+,27-,28-,29-,30-,31+,32+,33-,34-,35-,36-,37+,38-,39-,40-,41-,42+,43-,44-,45+,46+,47+,48+,49+,50+,54-,55-,56+,57+,58+/m1/s1. The number of ether oxygens (including phenoxy) is 10. The average molecular weight is 1240 g/mol. The predicted octanol–water partition coefficient (Wildman–Crippen LogP) is -3.87. The maximum absolute atomic E-state index is 15.5. The topological polar surface area (TPSA) is 450 Å². The molecule has 28 heteroatoms. The molecule has 0 aromatic heterocycles. The first-order chi connectivity index (χ1) is 40.3. The van der Waals surface area contributed by atoms with Gasteiger partial charge in [-0.25, -0.2) is 0 Å². The Hall–Kier alpha value is -2.28. The fraction of sp³-hybridized carbons (Fsp3) is 0.931. The number of carboxylic acid groups (broad SMARTS) is 1. The van der Waals surface area contributed by atoms with Crippen LogP contribution in [-0.4, -0.2) is 274 Å². The number of carboxylic acids is 1. The van der Waals surface area contributed by atoms with Crippen LogP contribution in [0.5, 0.6) is 0 Å². The van der Waals surface area contributed by atoms with Gasteiger partial charge in [0.15, 0.2) is 31.3 Å². The van der Waals surface area contributed by atoms with Gasteiger partial charge in [0.2, 0.25) is 6.29 Å². The van der Waals surface area contributed by atoms with Crippen molar-refractivity contribution in [3.63, 3.8) is 0 Å². The third-order valence-corrected chi connectivity index (χ3v) is 22.7. The average Bonchev–Trinajstić information content (AvgIpc) is 0.674. The number of hydrogen-bond donors (Lipinski definition) is 16. The molecule has 16 N–H and O–H groups in total. The lowest BCUT2D eigenvalue weighted by Crippen LogP contribution is -2.71. The van der Waals surface area contributed by atoms with Crippen LogP contribution in [0.15, 0.2) is 11.6 Å². The molecule has 5 aliphatic heterocycles. The van der Waals surface area contributed by atoms with E-state index in [1.807, 2.05) is 6.92 Å². The maximum Gasteiger partial charge on any atom is 0.315 e. The van der Waals surface area contributed by atoms with Crippen molar-refractivity contribution in [1.82, 2.24) is 0 Å². The minimum atomic E-state index is -1.98. The molecule has 10 aliphatic rings. The zero-order valence-corrected chi connectivity index (χ0v) is 49.5. The number of carbonyl (C=O) groups is 2. The van der Waals surface area contributed by atoms with Gasteiger partial charge in [0.05, 0.1) is 55.6 Å². The van der Waals surface area contributed by atoms with Crippen LogP contribution in [0, 0.1) is 50.2 Å². The summed E-state index contributed by atoms with van der Waals surface area (Å²) in [7, 11) is 0. The highest BCUT2D eigenvalue weighted by Gasteiger charge is 2.74. The minimum absolute atomic E-state index is 0.0338. The first-order valence-electron chi connectivity index (χ1n) is 30.3. The first kappa shape index (κ1) is 66.6. The van der Waals surface area contributed by atoms with Gasteiger partial charge >= 0.3 is 11.9 Å². The first-order valence-corrected chi connectivity index (χ1v) is 30.3. The van der Waals surface area contributed by atoms with Gasteiger partial charge in [0, 0.05) is 5.41 Å². The summed E-state index contributed by atoms with van der Waals surface area (Å²) in [5.74, 6) is -3.51. The lowest BCUT2D eigenvalue weighted by molar-refractivity contribution is -0.378. The van der Waals surface area contributed by atoms with Crippen molar-refractivity contribution >= 4 is 11.9 Å². The molecular weight excluding hydrogens is 1140 g/mol. The number of aliphatic carboxylic acids is 1. The third kappa shape index (κ3) is 10.7. The van der Waals surface area contributed by atoms with E-state index in [0.717, 1.165) is 5.57 Å². The monoisotopic (exact) mass is 1240 g/mol. The summed E-state index contributed by atoms with van der Waals surface area (Å²) in [4.78, 5) is 29.3. The molecule has 28 nitrogen and oxygen atoms in total. The van der Waals surface area contributed by atoms with E-state index in [1.165, 1.54) is 20.8 Å². The molecule has 33 atom stereocenters. The number of esters is 1. The SMILES string of the molecule is C[C@H]1O[C@@H](OC(=O)[C@]23CCC(C)(C)C[C@H]2C2=CC[C@@H]4[C@@]5(C)C[C@H](O)[C@H](O[C@@H]6O[C@H](CO)[C@@H](O)[C@@H](O)[C@H]6O)[C@@](C)(C(=O)O)[C@H]5CC[C@@]4(C)[C@]2(CO)CC3)[C@H](O[C@@H]2O[C@H](C)[C@H](O[C@@H]3OC[C@@H](O)[C@@H](O[C@@H]4OC[C@@H](O)[C@@H](O)[C@H]4O)[C@H]3O)[C@@H](O)[C@H]2O)[C@H](O)[C@H]1O. The highest BCUT2D eigenvalue weighted by atomic mass is 16.8. The van der Waals surface area contributed by atoms with Gasteiger partial charge in [-0.05, 0) is 113 Å². The lowest BCUT2D eigenvalue weighted by Gasteiger charge is -2.71. The molecule has 0 aromatic rings. The molecule has 0 bridgehead atoms. The Morgan fingerprint density at radius 3 is 1.80 bits per heavy atom. The molecule has 5 heterocycles. The van der Waals surface area contributed by atoms with E-state index in [1.54, 1.807) is 0 Å². The zero-order chi connectivity index (χ0) is 62.9. The van der Waals surface area contributed by atoms with E-state index in [0.29, 0.717) is 38.5 Å². The van der Waals surface area contributed by atoms with Crippen LogP contribution in [0.4, 0.5) is 0 Å². The summed E-state index contributed by atoms with van der Waals surface area (Å²) >= 11 is 0. The van der Waals surface area contributed by atoms with E-state index < -0.39 is 224 Å². The third-order valence-electron chi connectivity index (χ3n) is 22.7. The van der Waals surface area contributed by atoms with Crippen molar-refractivity contribution in [2.45, 2.75) is 260 Å². The Morgan fingerprint density at radius 1 is 0.558 bits per heavy atom. The number of aliphatic hydroxyl groups excluding tert-OH is 15. The molecule has 10 rings (SSSR count). The Labute approximate surface area is 497 Å². The number of hydrogen-bond acceptors (Lipinski definition) is 27. The summed E-state index contributed by atoms with van der Waals surface area (Å²) in [5.41, 5.74) is -5.15. The molecule has 9 fully saturated rings. The van der Waals surface area contributed by atoms with Crippen LogP contribution in [0.2, 0.25) is 0 Å². The van der Waals surface area contributed by atoms with Crippen molar-refractivity contribution in [3.8, 4) is 0 Å². The second-order valence-corrected chi connectivity index (χ2v) is 28.0. The molecule has 0 spiro atoms. The van der Waals surface area contributed by atoms with Crippen LogP contribution in [0.1, 0.15) is 106 Å². The molecule has 86 heavy (non-hydrogen) atoms. The largest absolute Gasteiger partial charge is 0.481 e. The number of allylic oxidation sites excluding steroid dienone is 1. The van der Waals surface area contributed by atoms with Crippen LogP contribution in [0.3, 0.4) is 0 Å². The summed E-state index contributed by atoms with van der Waals surface area (Å²) in [5, 5.41) is 176. The number of aliphatic hydroxyl groups is 15. The molecule has 0 aromatic carbocycles. The molecule has 5 aliphatic carbocycles. The number of fused-ring (bicyclic) bond motifs is 7. The van der Waals surface area contributed by atoms with Gasteiger partial charge in [-0.1, -0.05) is 39.3 Å². The van der Waals surface area contributed by atoms with Crippen molar-refractivity contribution < 1.29 is 139 Å². The second kappa shape index (κ2) is 24.3. The van der Waals surface area contributed by atoms with Crippen LogP contribution in [0.25, 0.3) is 0 Å². The van der Waals surface area contributed by atoms with Crippen LogP contribution in [-0.2, 0) is 57.0 Å². The fourth-order valence-corrected chi connectivity index (χ4v) is 17.6. The van der Waals surface area contributed by atoms with E-state index in [-0.39, 0.29) is 37.2 Å². The highest BCUT2D eigenvalue weighted by molar-refractivity contribution is 5.79. The van der Waals surface area contributed by atoms with Gasteiger partial charge in [-0.15, -0.1) is 0 Å². The van der Waals surface area contributed by atoms with Gasteiger partial charge in [0.1, 0.15) is 97.7 Å². The molecule has 492 valence electrons. The van der Waals surface area contributed by atoms with E-state index in [4.69, 9.17) is 47.4 Å². The van der Waals surface area contributed by atoms with Crippen molar-refractivity contribution in [2.24, 2.45) is 50.2 Å². The Balaban J connectivity index is 0.872. The molecule has 0 unspecified atom stereocenters. The van der Waals surface area contributed by atoms with Gasteiger partial charge in [0.25, 0.3) is 0 Å². The van der Waals surface area contributed by atoms with Gasteiger partial charge < -0.3 is 129 Å². The van der Waals surface area contributed by atoms with Crippen molar-refractivity contribution in [3.05, 3.63) is 11.6 Å². The number of carbonyl (C=O) groups excluding carboxylic acids is 1. The fourth-order valence-electron chi connectivity index (χ4n) is 17.6. The van der Waals surface area contributed by atoms with Crippen molar-refractivity contribution in [1.29, 1.82) is 0 Å². The Bertz CT molecular complexity index is 2450. The number of rotatable bonds is 13. The van der Waals surface area contributed by atoms with E-state index >= 15 is 4.79 Å². The van der Waals surface area contributed by atoms with Gasteiger partial charge in [-0.2, -0.15) is 0 Å². The molecule has 0 amide bonds. The summed E-state index contributed by atoms with van der Waals surface area (Å²) < 4.78 is 58.9. The lowest BCUT2D eigenvalue weighted by atomic mass is 9.33. The summed E-state index contributed by atoms with van der Waals surface area (Å²) in [6.07, 6.45) is -35.6. The Morgan fingerprint density at radius 2 is 1.14 bits per heavy atom. The minimum Gasteiger partial charge on any atom is -0.481 e.